The first-order chi connectivity index (χ1) is 5.54. The van der Waals surface area contributed by atoms with E-state index in [0.717, 1.165) is 6.54 Å². The zero-order valence-corrected chi connectivity index (χ0v) is 8.11. The molecule has 0 atom stereocenters. The van der Waals surface area contributed by atoms with Crippen molar-refractivity contribution in [3.8, 4) is 12.3 Å². The maximum Gasteiger partial charge on any atom is 0.153 e. The summed E-state index contributed by atoms with van der Waals surface area (Å²) in [5, 5.41) is 3.11. The summed E-state index contributed by atoms with van der Waals surface area (Å²) < 4.78 is 0. The van der Waals surface area contributed by atoms with E-state index in [2.05, 4.69) is 11.2 Å². The monoisotopic (exact) mass is 167 g/mol. The SMILES string of the molecule is C#CCCC(=O)C(C)(C)NCC. The highest BCUT2D eigenvalue weighted by Gasteiger charge is 2.24. The summed E-state index contributed by atoms with van der Waals surface area (Å²) in [5.74, 6) is 2.65. The Bertz CT molecular complexity index is 189. The molecular formula is C10H17NO. The van der Waals surface area contributed by atoms with Gasteiger partial charge in [-0.1, -0.05) is 6.92 Å². The zero-order chi connectivity index (χ0) is 9.61. The van der Waals surface area contributed by atoms with Gasteiger partial charge < -0.3 is 5.32 Å². The van der Waals surface area contributed by atoms with Crippen molar-refractivity contribution in [2.75, 3.05) is 6.54 Å². The summed E-state index contributed by atoms with van der Waals surface area (Å²) in [6.07, 6.45) is 6.08. The Morgan fingerprint density at radius 3 is 2.58 bits per heavy atom. The summed E-state index contributed by atoms with van der Waals surface area (Å²) in [6, 6.07) is 0. The van der Waals surface area contributed by atoms with Gasteiger partial charge in [-0.2, -0.15) is 0 Å². The molecule has 12 heavy (non-hydrogen) atoms. The van der Waals surface area contributed by atoms with Crippen LogP contribution in [0.2, 0.25) is 0 Å². The van der Waals surface area contributed by atoms with Crippen LogP contribution in [0.15, 0.2) is 0 Å². The molecule has 0 aliphatic carbocycles. The maximum absolute atomic E-state index is 11.5. The topological polar surface area (TPSA) is 29.1 Å². The molecule has 0 amide bonds. The molecule has 1 N–H and O–H groups in total. The van der Waals surface area contributed by atoms with Gasteiger partial charge in [0, 0.05) is 12.8 Å². The Labute approximate surface area is 74.7 Å². The standard InChI is InChI=1S/C10H17NO/c1-5-7-8-9(12)10(3,4)11-6-2/h1,11H,6-8H2,2-4H3. The number of likely N-dealkylation sites (N-methyl/N-ethyl adjacent to an activating group) is 1. The maximum atomic E-state index is 11.5. The smallest absolute Gasteiger partial charge is 0.153 e. The average Bonchev–Trinajstić information content (AvgIpc) is 2.00. The van der Waals surface area contributed by atoms with E-state index in [1.54, 1.807) is 0 Å². The van der Waals surface area contributed by atoms with Gasteiger partial charge in [0.1, 0.15) is 0 Å². The first-order valence-electron chi connectivity index (χ1n) is 4.26. The number of rotatable bonds is 5. The minimum absolute atomic E-state index is 0.183. The van der Waals surface area contributed by atoms with Gasteiger partial charge in [-0.25, -0.2) is 0 Å². The molecule has 2 nitrogen and oxygen atoms in total. The molecule has 0 saturated heterocycles. The molecule has 0 aliphatic heterocycles. The van der Waals surface area contributed by atoms with E-state index < -0.39 is 5.54 Å². The van der Waals surface area contributed by atoms with Gasteiger partial charge in [-0.15, -0.1) is 12.3 Å². The summed E-state index contributed by atoms with van der Waals surface area (Å²) >= 11 is 0. The minimum atomic E-state index is -0.425. The number of nitrogens with one attached hydrogen (secondary N) is 1. The molecule has 0 spiro atoms. The van der Waals surface area contributed by atoms with Crippen molar-refractivity contribution in [1.29, 1.82) is 0 Å². The predicted molar refractivity (Wildman–Crippen MR) is 50.8 cm³/mol. The van der Waals surface area contributed by atoms with Gasteiger partial charge in [-0.3, -0.25) is 4.79 Å². The predicted octanol–water partition coefficient (Wildman–Crippen LogP) is 1.36. The molecule has 2 heteroatoms. The van der Waals surface area contributed by atoms with Crippen molar-refractivity contribution in [2.24, 2.45) is 0 Å². The molecule has 0 aliphatic rings. The zero-order valence-electron chi connectivity index (χ0n) is 8.11. The molecule has 0 radical (unpaired) electrons. The summed E-state index contributed by atoms with van der Waals surface area (Å²) in [5.41, 5.74) is -0.425. The Morgan fingerprint density at radius 1 is 1.58 bits per heavy atom. The molecule has 0 unspecified atom stereocenters. The molecule has 0 aromatic carbocycles. The fraction of sp³-hybridized carbons (Fsp3) is 0.700. The van der Waals surface area contributed by atoms with Crippen LogP contribution in [0.3, 0.4) is 0 Å². The van der Waals surface area contributed by atoms with E-state index in [1.165, 1.54) is 0 Å². The van der Waals surface area contributed by atoms with Gasteiger partial charge in [0.05, 0.1) is 5.54 Å². The number of Topliss-reactive ketones (excluding diaryl/α,β-unsaturated/α-hetero) is 1. The van der Waals surface area contributed by atoms with E-state index in [1.807, 2.05) is 20.8 Å². The van der Waals surface area contributed by atoms with E-state index in [9.17, 15) is 4.79 Å². The van der Waals surface area contributed by atoms with Gasteiger partial charge in [-0.05, 0) is 20.4 Å². The van der Waals surface area contributed by atoms with E-state index >= 15 is 0 Å². The molecule has 0 heterocycles. The number of hydrogen-bond acceptors (Lipinski definition) is 2. The van der Waals surface area contributed by atoms with Crippen LogP contribution in [-0.2, 0) is 4.79 Å². The molecule has 0 saturated carbocycles. The lowest BCUT2D eigenvalue weighted by molar-refractivity contribution is -0.124. The fourth-order valence-corrected chi connectivity index (χ4v) is 1.04. The third-order valence-corrected chi connectivity index (χ3v) is 1.81. The first-order valence-corrected chi connectivity index (χ1v) is 4.26. The van der Waals surface area contributed by atoms with Crippen molar-refractivity contribution < 1.29 is 4.79 Å². The average molecular weight is 167 g/mol. The van der Waals surface area contributed by atoms with Crippen molar-refractivity contribution in [3.63, 3.8) is 0 Å². The highest BCUT2D eigenvalue weighted by Crippen LogP contribution is 2.07. The van der Waals surface area contributed by atoms with Crippen LogP contribution in [0.1, 0.15) is 33.6 Å². The number of ketones is 1. The molecular weight excluding hydrogens is 150 g/mol. The molecule has 0 fully saturated rings. The Morgan fingerprint density at radius 2 is 2.17 bits per heavy atom. The summed E-state index contributed by atoms with van der Waals surface area (Å²) in [7, 11) is 0. The van der Waals surface area contributed by atoms with Crippen molar-refractivity contribution in [2.45, 2.75) is 39.2 Å². The third kappa shape index (κ3) is 3.54. The van der Waals surface area contributed by atoms with Gasteiger partial charge >= 0.3 is 0 Å². The van der Waals surface area contributed by atoms with Crippen LogP contribution < -0.4 is 5.32 Å². The van der Waals surface area contributed by atoms with E-state index in [4.69, 9.17) is 6.42 Å². The normalized spacial score (nSPS) is 10.8. The molecule has 0 rings (SSSR count). The Kier molecular flexibility index (Phi) is 4.61. The number of carbonyl (C=O) groups excluding carboxylic acids is 1. The van der Waals surface area contributed by atoms with Crippen LogP contribution >= 0.6 is 0 Å². The third-order valence-electron chi connectivity index (χ3n) is 1.81. The van der Waals surface area contributed by atoms with Crippen molar-refractivity contribution in [1.82, 2.24) is 5.32 Å². The first kappa shape index (κ1) is 11.2. The molecule has 0 aromatic rings. The van der Waals surface area contributed by atoms with Crippen molar-refractivity contribution in [3.05, 3.63) is 0 Å². The lowest BCUT2D eigenvalue weighted by Crippen LogP contribution is -2.46. The second kappa shape index (κ2) is 4.95. The largest absolute Gasteiger partial charge is 0.306 e. The molecule has 68 valence electrons. The lowest BCUT2D eigenvalue weighted by atomic mass is 9.96. The second-order valence-electron chi connectivity index (χ2n) is 3.28. The van der Waals surface area contributed by atoms with Gasteiger partial charge in [0.25, 0.3) is 0 Å². The number of terminal acetylenes is 1. The minimum Gasteiger partial charge on any atom is -0.306 e. The number of carbonyl (C=O) groups is 1. The summed E-state index contributed by atoms with van der Waals surface area (Å²) in [4.78, 5) is 11.5. The van der Waals surface area contributed by atoms with Crippen LogP contribution in [0.5, 0.6) is 0 Å². The highest BCUT2D eigenvalue weighted by atomic mass is 16.1. The second-order valence-corrected chi connectivity index (χ2v) is 3.28. The Balaban J connectivity index is 3.99. The van der Waals surface area contributed by atoms with E-state index in [-0.39, 0.29) is 5.78 Å². The summed E-state index contributed by atoms with van der Waals surface area (Å²) in [6.45, 7) is 6.55. The molecule has 0 bridgehead atoms. The van der Waals surface area contributed by atoms with Gasteiger partial charge in [0.2, 0.25) is 0 Å². The van der Waals surface area contributed by atoms with Crippen molar-refractivity contribution >= 4 is 5.78 Å². The number of hydrogen-bond donors (Lipinski definition) is 1. The van der Waals surface area contributed by atoms with Crippen LogP contribution in [0.4, 0.5) is 0 Å². The van der Waals surface area contributed by atoms with Crippen LogP contribution in [-0.4, -0.2) is 17.9 Å². The highest BCUT2D eigenvalue weighted by molar-refractivity contribution is 5.87. The van der Waals surface area contributed by atoms with E-state index in [0.29, 0.717) is 12.8 Å². The van der Waals surface area contributed by atoms with Gasteiger partial charge in [0.15, 0.2) is 5.78 Å². The lowest BCUT2D eigenvalue weighted by Gasteiger charge is -2.23. The fourth-order valence-electron chi connectivity index (χ4n) is 1.04. The van der Waals surface area contributed by atoms with Crippen LogP contribution in [0, 0.1) is 12.3 Å². The van der Waals surface area contributed by atoms with Crippen LogP contribution in [0.25, 0.3) is 0 Å². The quantitative estimate of drug-likeness (QED) is 0.626. The molecule has 0 aromatic heterocycles. The Hall–Kier alpha value is -0.810.